The van der Waals surface area contributed by atoms with Crippen LogP contribution in [0.5, 0.6) is 0 Å². The maximum Gasteiger partial charge on any atom is 0.255 e. The largest absolute Gasteiger partial charge is 0.283 e. The smallest absolute Gasteiger partial charge is 0.255 e. The molecule has 2 aromatic heterocycles. The molecule has 1 fully saturated rings. The topological polar surface area (TPSA) is 34.9 Å². The molecule has 2 aromatic carbocycles. The van der Waals surface area contributed by atoms with Crippen molar-refractivity contribution in [3.05, 3.63) is 91.8 Å². The van der Waals surface area contributed by atoms with Gasteiger partial charge in [-0.05, 0) is 79.7 Å². The molecule has 3 heterocycles. The number of hydrogen-bond acceptors (Lipinski definition) is 4. The lowest BCUT2D eigenvalue weighted by molar-refractivity contribution is 0.586. The minimum Gasteiger partial charge on any atom is -0.283 e. The van der Waals surface area contributed by atoms with Crippen molar-refractivity contribution in [2.75, 3.05) is 11.5 Å². The Hall–Kier alpha value is -2.48. The fraction of sp³-hybridized carbons (Fsp3) is 0.259. The van der Waals surface area contributed by atoms with E-state index < -0.39 is 11.6 Å². The summed E-state index contributed by atoms with van der Waals surface area (Å²) >= 11 is 9.60. The molecular weight excluding hydrogens is 506 g/mol. The Kier molecular flexibility index (Phi) is 6.84. The predicted molar refractivity (Wildman–Crippen MR) is 142 cm³/mol. The fourth-order valence-electron chi connectivity index (χ4n) is 4.59. The van der Waals surface area contributed by atoms with E-state index in [0.717, 1.165) is 52.2 Å². The molecule has 0 bridgehead atoms. The van der Waals surface area contributed by atoms with Gasteiger partial charge in [-0.1, -0.05) is 11.6 Å². The summed E-state index contributed by atoms with van der Waals surface area (Å²) in [5.41, 5.74) is 3.94. The Labute approximate surface area is 215 Å². The molecule has 0 spiro atoms. The predicted octanol–water partition coefficient (Wildman–Crippen LogP) is 7.79. The Morgan fingerprint density at radius 3 is 2.43 bits per heavy atom. The lowest BCUT2D eigenvalue weighted by Crippen LogP contribution is -2.18. The van der Waals surface area contributed by atoms with E-state index in [0.29, 0.717) is 32.6 Å². The third-order valence-corrected chi connectivity index (χ3v) is 8.79. The molecule has 0 amide bonds. The van der Waals surface area contributed by atoms with Crippen LogP contribution in [0.4, 0.5) is 8.78 Å². The van der Waals surface area contributed by atoms with Gasteiger partial charge >= 0.3 is 0 Å². The van der Waals surface area contributed by atoms with Crippen molar-refractivity contribution in [2.45, 2.75) is 32.6 Å². The standard InChI is InChI=1S/C27H23ClF2N2OS2/c1-15-11-19(28)12-16(2)25(15)32-14-18(3-6-23(32)33)24-26(21-5-4-20(29)13-22(21)30)35-27(31-24)17-7-9-34-10-8-17/h3-6,11-14,17H,7-10H2,1-2H3. The molecule has 35 heavy (non-hydrogen) atoms. The molecule has 8 heteroatoms. The van der Waals surface area contributed by atoms with Crippen molar-refractivity contribution >= 4 is 34.7 Å². The molecule has 1 saturated heterocycles. The minimum atomic E-state index is -0.627. The van der Waals surface area contributed by atoms with Gasteiger partial charge in [-0.25, -0.2) is 13.8 Å². The van der Waals surface area contributed by atoms with Crippen LogP contribution in [0.25, 0.3) is 27.4 Å². The first-order valence-electron chi connectivity index (χ1n) is 11.4. The van der Waals surface area contributed by atoms with Crippen molar-refractivity contribution in [3.8, 4) is 27.4 Å². The van der Waals surface area contributed by atoms with Crippen molar-refractivity contribution in [3.63, 3.8) is 0 Å². The molecule has 0 saturated carbocycles. The zero-order chi connectivity index (χ0) is 24.7. The van der Waals surface area contributed by atoms with Crippen LogP contribution in [-0.2, 0) is 0 Å². The highest BCUT2D eigenvalue weighted by Crippen LogP contribution is 2.43. The molecule has 5 rings (SSSR count). The summed E-state index contributed by atoms with van der Waals surface area (Å²) in [5.74, 6) is 1.20. The molecule has 1 aliphatic rings. The number of benzene rings is 2. The van der Waals surface area contributed by atoms with Gasteiger partial charge in [-0.15, -0.1) is 11.3 Å². The van der Waals surface area contributed by atoms with Crippen LogP contribution in [0.1, 0.15) is 34.9 Å². The van der Waals surface area contributed by atoms with E-state index in [2.05, 4.69) is 0 Å². The number of aryl methyl sites for hydroxylation is 2. The van der Waals surface area contributed by atoms with Crippen LogP contribution >= 0.6 is 34.7 Å². The van der Waals surface area contributed by atoms with Gasteiger partial charge in [0.1, 0.15) is 11.6 Å². The molecule has 180 valence electrons. The Morgan fingerprint density at radius 2 is 1.74 bits per heavy atom. The van der Waals surface area contributed by atoms with Crippen LogP contribution in [-0.4, -0.2) is 21.1 Å². The molecular formula is C27H23ClF2N2OS2. The van der Waals surface area contributed by atoms with Crippen LogP contribution < -0.4 is 5.56 Å². The quantitative estimate of drug-likeness (QED) is 0.271. The monoisotopic (exact) mass is 528 g/mol. The summed E-state index contributed by atoms with van der Waals surface area (Å²) in [7, 11) is 0. The summed E-state index contributed by atoms with van der Waals surface area (Å²) in [4.78, 5) is 18.5. The number of rotatable bonds is 4. The van der Waals surface area contributed by atoms with Gasteiger partial charge in [-0.2, -0.15) is 11.8 Å². The SMILES string of the molecule is Cc1cc(Cl)cc(C)c1-n1cc(-c2nc(C3CCSCC3)sc2-c2ccc(F)cc2F)ccc1=O. The molecule has 0 aliphatic carbocycles. The number of pyridine rings is 1. The normalized spacial score (nSPS) is 14.4. The second kappa shape index (κ2) is 9.88. The number of halogens is 3. The highest BCUT2D eigenvalue weighted by molar-refractivity contribution is 7.99. The van der Waals surface area contributed by atoms with Crippen molar-refractivity contribution in [1.82, 2.24) is 9.55 Å². The van der Waals surface area contributed by atoms with Gasteiger partial charge in [0.15, 0.2) is 0 Å². The van der Waals surface area contributed by atoms with E-state index in [4.69, 9.17) is 16.6 Å². The number of nitrogens with zero attached hydrogens (tertiary/aromatic N) is 2. The molecule has 1 aliphatic heterocycles. The maximum absolute atomic E-state index is 14.9. The molecule has 0 unspecified atom stereocenters. The van der Waals surface area contributed by atoms with Gasteiger partial charge in [0.25, 0.3) is 5.56 Å². The molecule has 0 radical (unpaired) electrons. The summed E-state index contributed by atoms with van der Waals surface area (Å²) in [5, 5.41) is 1.56. The number of aromatic nitrogens is 2. The van der Waals surface area contributed by atoms with E-state index >= 15 is 0 Å². The zero-order valence-electron chi connectivity index (χ0n) is 19.3. The molecule has 0 N–H and O–H groups in total. The minimum absolute atomic E-state index is 0.184. The van der Waals surface area contributed by atoms with Crippen molar-refractivity contribution in [2.24, 2.45) is 0 Å². The highest BCUT2D eigenvalue weighted by atomic mass is 35.5. The third kappa shape index (κ3) is 4.82. The van der Waals surface area contributed by atoms with Crippen LogP contribution in [0.2, 0.25) is 5.02 Å². The summed E-state index contributed by atoms with van der Waals surface area (Å²) in [6.45, 7) is 3.82. The average Bonchev–Trinajstić information content (AvgIpc) is 3.25. The van der Waals surface area contributed by atoms with Crippen LogP contribution in [0.3, 0.4) is 0 Å². The third-order valence-electron chi connectivity index (χ3n) is 6.27. The molecule has 3 nitrogen and oxygen atoms in total. The van der Waals surface area contributed by atoms with E-state index in [-0.39, 0.29) is 5.56 Å². The van der Waals surface area contributed by atoms with Crippen LogP contribution in [0.15, 0.2) is 53.5 Å². The number of thioether (sulfide) groups is 1. The summed E-state index contributed by atoms with van der Waals surface area (Å²) in [6.07, 6.45) is 3.79. The van der Waals surface area contributed by atoms with Gasteiger partial charge in [-0.3, -0.25) is 9.36 Å². The van der Waals surface area contributed by atoms with Crippen molar-refractivity contribution in [1.29, 1.82) is 0 Å². The van der Waals surface area contributed by atoms with Crippen LogP contribution in [0, 0.1) is 25.5 Å². The average molecular weight is 529 g/mol. The second-order valence-corrected chi connectivity index (χ2v) is 11.4. The van der Waals surface area contributed by atoms with E-state index in [9.17, 15) is 13.6 Å². The lowest BCUT2D eigenvalue weighted by atomic mass is 10.0. The Bertz CT molecular complexity index is 1450. The molecule has 0 atom stereocenters. The van der Waals surface area contributed by atoms with Gasteiger partial charge < -0.3 is 0 Å². The van der Waals surface area contributed by atoms with Gasteiger partial charge in [0.05, 0.1) is 21.3 Å². The molecule has 4 aromatic rings. The van der Waals surface area contributed by atoms with Gasteiger partial charge in [0.2, 0.25) is 0 Å². The van der Waals surface area contributed by atoms with Gasteiger partial charge in [0, 0.05) is 40.4 Å². The maximum atomic E-state index is 14.9. The van der Waals surface area contributed by atoms with Crippen molar-refractivity contribution < 1.29 is 8.78 Å². The first kappa shape index (κ1) is 24.2. The first-order chi connectivity index (χ1) is 16.8. The summed E-state index contributed by atoms with van der Waals surface area (Å²) < 4.78 is 30.2. The number of thiazole rings is 1. The zero-order valence-corrected chi connectivity index (χ0v) is 21.7. The van der Waals surface area contributed by atoms with E-state index in [1.807, 2.05) is 37.7 Å². The number of hydrogen-bond donors (Lipinski definition) is 0. The Morgan fingerprint density at radius 1 is 1.03 bits per heavy atom. The Balaban J connectivity index is 1.70. The second-order valence-electron chi connectivity index (χ2n) is 8.75. The van der Waals surface area contributed by atoms with E-state index in [1.165, 1.54) is 29.5 Å². The first-order valence-corrected chi connectivity index (χ1v) is 13.7. The fourth-order valence-corrected chi connectivity index (χ4v) is 7.31. The lowest BCUT2D eigenvalue weighted by Gasteiger charge is -2.18. The van der Waals surface area contributed by atoms with E-state index in [1.54, 1.807) is 16.8 Å². The highest BCUT2D eigenvalue weighted by Gasteiger charge is 2.25. The summed E-state index contributed by atoms with van der Waals surface area (Å²) in [6, 6.07) is 10.5.